The highest BCUT2D eigenvalue weighted by Gasteiger charge is 2.46. The molecule has 0 radical (unpaired) electrons. The highest BCUT2D eigenvalue weighted by atomic mass is 35.5. The fourth-order valence-electron chi connectivity index (χ4n) is 4.65. The fraction of sp³-hybridized carbons (Fsp3) is 0.250. The number of nitrogens with one attached hydrogen (secondary N) is 1. The van der Waals surface area contributed by atoms with Crippen molar-refractivity contribution in [3.8, 4) is 0 Å². The van der Waals surface area contributed by atoms with Crippen LogP contribution in [0.15, 0.2) is 91.7 Å². The molecule has 1 heterocycles. The van der Waals surface area contributed by atoms with Gasteiger partial charge in [-0.25, -0.2) is 0 Å². The number of allylic oxidation sites excluding steroid dienone is 2. The third kappa shape index (κ3) is 4.64. The van der Waals surface area contributed by atoms with E-state index in [1.807, 2.05) is 36.5 Å². The summed E-state index contributed by atoms with van der Waals surface area (Å²) < 4.78 is 5.98. The van der Waals surface area contributed by atoms with E-state index < -0.39 is 0 Å². The lowest BCUT2D eigenvalue weighted by Crippen LogP contribution is -2.49. The van der Waals surface area contributed by atoms with Gasteiger partial charge in [-0.2, -0.15) is 0 Å². The Bertz CT molecular complexity index is 1160. The Labute approximate surface area is 195 Å². The molecule has 0 saturated heterocycles. The van der Waals surface area contributed by atoms with Gasteiger partial charge in [-0.05, 0) is 66.6 Å². The van der Waals surface area contributed by atoms with Crippen molar-refractivity contribution in [1.29, 1.82) is 0 Å². The van der Waals surface area contributed by atoms with Gasteiger partial charge in [0.15, 0.2) is 0 Å². The van der Waals surface area contributed by atoms with E-state index in [2.05, 4.69) is 60.7 Å². The zero-order valence-corrected chi connectivity index (χ0v) is 19.2. The minimum absolute atomic E-state index is 0.177. The van der Waals surface area contributed by atoms with Crippen LogP contribution >= 0.6 is 11.6 Å². The van der Waals surface area contributed by atoms with E-state index in [-0.39, 0.29) is 5.54 Å². The summed E-state index contributed by atoms with van der Waals surface area (Å²) in [5.41, 5.74) is 5.30. The molecule has 1 aliphatic carbocycles. The monoisotopic (exact) mass is 444 g/mol. The first-order valence-corrected chi connectivity index (χ1v) is 11.3. The lowest BCUT2D eigenvalue weighted by molar-refractivity contribution is 0.0468. The lowest BCUT2D eigenvalue weighted by atomic mass is 9.64. The summed E-state index contributed by atoms with van der Waals surface area (Å²) in [5, 5.41) is 5.77. The maximum Gasteiger partial charge on any atom is 0.0722 e. The van der Waals surface area contributed by atoms with Gasteiger partial charge in [-0.3, -0.25) is 4.98 Å². The van der Waals surface area contributed by atoms with Crippen molar-refractivity contribution in [3.63, 3.8) is 0 Å². The second-order valence-electron chi connectivity index (χ2n) is 8.50. The molecule has 4 heteroatoms. The van der Waals surface area contributed by atoms with Crippen LogP contribution in [0.2, 0.25) is 5.02 Å². The van der Waals surface area contributed by atoms with Crippen molar-refractivity contribution < 1.29 is 4.74 Å². The third-order valence-corrected chi connectivity index (χ3v) is 6.67. The Morgan fingerprint density at radius 1 is 1.22 bits per heavy atom. The number of anilines is 1. The molecule has 0 atom stereocenters. The number of hydrogen-bond acceptors (Lipinski definition) is 3. The van der Waals surface area contributed by atoms with Crippen LogP contribution < -0.4 is 5.32 Å². The number of pyridine rings is 1. The Balaban J connectivity index is 1.54. The first-order chi connectivity index (χ1) is 15.5. The number of benzene rings is 2. The number of fused-ring (bicyclic) bond motifs is 1. The summed E-state index contributed by atoms with van der Waals surface area (Å²) in [6.07, 6.45) is 9.29. The average Bonchev–Trinajstić information content (AvgIpc) is 2.78. The van der Waals surface area contributed by atoms with Gasteiger partial charge in [0, 0.05) is 22.3 Å². The first kappa shape index (κ1) is 22.3. The highest BCUT2D eigenvalue weighted by molar-refractivity contribution is 6.31. The molecular formula is C28H29ClN2O. The maximum atomic E-state index is 6.50. The van der Waals surface area contributed by atoms with Crippen LogP contribution in [-0.4, -0.2) is 18.2 Å². The fourth-order valence-corrected chi connectivity index (χ4v) is 4.82. The molecule has 1 saturated carbocycles. The van der Waals surface area contributed by atoms with Gasteiger partial charge in [-0.15, -0.1) is 0 Å². The summed E-state index contributed by atoms with van der Waals surface area (Å²) in [6, 6.07) is 16.6. The quantitative estimate of drug-likeness (QED) is 0.353. The van der Waals surface area contributed by atoms with Crippen molar-refractivity contribution in [2.45, 2.75) is 25.3 Å². The minimum atomic E-state index is -0.177. The molecule has 4 rings (SSSR count). The molecule has 1 N–H and O–H groups in total. The van der Waals surface area contributed by atoms with Crippen molar-refractivity contribution in [2.24, 2.45) is 5.92 Å². The van der Waals surface area contributed by atoms with E-state index in [0.717, 1.165) is 45.6 Å². The van der Waals surface area contributed by atoms with Crippen LogP contribution in [0.1, 0.15) is 24.0 Å². The summed E-state index contributed by atoms with van der Waals surface area (Å²) in [7, 11) is 0. The maximum absolute atomic E-state index is 6.50. The Kier molecular flexibility index (Phi) is 6.78. The number of aromatic nitrogens is 1. The summed E-state index contributed by atoms with van der Waals surface area (Å²) >= 11 is 6.50. The normalized spacial score (nSPS) is 20.6. The summed E-state index contributed by atoms with van der Waals surface area (Å²) in [6.45, 7) is 10.9. The molecule has 0 unspecified atom stereocenters. The standard InChI is InChI=1S/C28H29ClN2O/c1-4-8-21(5-2)18-32-19-22-16-28(17-22,25-10-6-11-26(29)20(25)3)31-24-13-12-23-9-7-14-30-27(23)15-24/h4-15,22,31H,1-2,16-19H2,3H3/b21-8+. The molecule has 3 aromatic rings. The van der Waals surface area contributed by atoms with Gasteiger partial charge < -0.3 is 10.1 Å². The second-order valence-corrected chi connectivity index (χ2v) is 8.91. The molecule has 0 bridgehead atoms. The molecule has 3 nitrogen and oxygen atoms in total. The molecule has 1 aromatic heterocycles. The number of hydrogen-bond donors (Lipinski definition) is 1. The van der Waals surface area contributed by atoms with Gasteiger partial charge in [0.25, 0.3) is 0 Å². The third-order valence-electron chi connectivity index (χ3n) is 6.26. The SMILES string of the molecule is C=C/C=C(\C=C)COCC1CC(Nc2ccc3cccnc3c2)(c2cccc(Cl)c2C)C1. The van der Waals surface area contributed by atoms with Crippen molar-refractivity contribution in [2.75, 3.05) is 18.5 Å². The van der Waals surface area contributed by atoms with Crippen LogP contribution in [0.25, 0.3) is 10.9 Å². The van der Waals surface area contributed by atoms with Crippen LogP contribution in [0.5, 0.6) is 0 Å². The Morgan fingerprint density at radius 2 is 2.06 bits per heavy atom. The number of ether oxygens (including phenoxy) is 1. The summed E-state index contributed by atoms with van der Waals surface area (Å²) in [4.78, 5) is 4.51. The van der Waals surface area contributed by atoms with E-state index in [1.165, 1.54) is 5.56 Å². The van der Waals surface area contributed by atoms with E-state index in [0.29, 0.717) is 19.1 Å². The van der Waals surface area contributed by atoms with Crippen molar-refractivity contribution in [1.82, 2.24) is 4.98 Å². The molecule has 2 aromatic carbocycles. The van der Waals surface area contributed by atoms with E-state index >= 15 is 0 Å². The minimum Gasteiger partial charge on any atom is -0.376 e. The zero-order valence-electron chi connectivity index (χ0n) is 18.5. The van der Waals surface area contributed by atoms with Crippen LogP contribution in [-0.2, 0) is 10.3 Å². The smallest absolute Gasteiger partial charge is 0.0722 e. The molecule has 1 aliphatic rings. The lowest BCUT2D eigenvalue weighted by Gasteiger charge is -2.50. The zero-order chi connectivity index (χ0) is 22.6. The topological polar surface area (TPSA) is 34.1 Å². The van der Waals surface area contributed by atoms with E-state index in [9.17, 15) is 0 Å². The van der Waals surface area contributed by atoms with Crippen molar-refractivity contribution in [3.05, 3.63) is 108 Å². The highest BCUT2D eigenvalue weighted by Crippen LogP contribution is 2.50. The van der Waals surface area contributed by atoms with Crippen LogP contribution in [0.3, 0.4) is 0 Å². The average molecular weight is 445 g/mol. The second kappa shape index (κ2) is 9.72. The first-order valence-electron chi connectivity index (χ1n) is 10.9. The molecule has 1 fully saturated rings. The van der Waals surface area contributed by atoms with Gasteiger partial charge in [0.1, 0.15) is 0 Å². The van der Waals surface area contributed by atoms with Gasteiger partial charge in [0.05, 0.1) is 24.3 Å². The van der Waals surface area contributed by atoms with E-state index in [4.69, 9.17) is 16.3 Å². The molecule has 164 valence electrons. The predicted octanol–water partition coefficient (Wildman–Crippen LogP) is 7.23. The number of rotatable bonds is 9. The predicted molar refractivity (Wildman–Crippen MR) is 135 cm³/mol. The van der Waals surface area contributed by atoms with Gasteiger partial charge >= 0.3 is 0 Å². The Hall–Kier alpha value is -2.88. The molecule has 32 heavy (non-hydrogen) atoms. The van der Waals surface area contributed by atoms with E-state index in [1.54, 1.807) is 6.08 Å². The van der Waals surface area contributed by atoms with Crippen LogP contribution in [0, 0.1) is 12.8 Å². The molecular weight excluding hydrogens is 416 g/mol. The molecule has 0 aliphatic heterocycles. The largest absolute Gasteiger partial charge is 0.376 e. The molecule has 0 amide bonds. The summed E-state index contributed by atoms with van der Waals surface area (Å²) in [5.74, 6) is 0.467. The van der Waals surface area contributed by atoms with Gasteiger partial charge in [-0.1, -0.05) is 67.3 Å². The number of nitrogens with zero attached hydrogens (tertiary/aromatic N) is 1. The van der Waals surface area contributed by atoms with Gasteiger partial charge in [0.2, 0.25) is 0 Å². The van der Waals surface area contributed by atoms with Crippen molar-refractivity contribution >= 4 is 28.2 Å². The molecule has 0 spiro atoms. The number of halogens is 1. The Morgan fingerprint density at radius 3 is 2.84 bits per heavy atom. The van der Waals surface area contributed by atoms with Crippen LogP contribution in [0.4, 0.5) is 5.69 Å².